The quantitative estimate of drug-likeness (QED) is 0.714. The first-order valence-electron chi connectivity index (χ1n) is 5.44. The standard InChI is InChI=1S/C13H13N3O2/c14-11-6-3-5-10(13(17)18)12(11)16-8-9-4-1-2-7-15-9/h1-7,16H,8,14H2,(H,17,18). The number of nitrogen functional groups attached to an aromatic ring is 1. The highest BCUT2D eigenvalue weighted by Crippen LogP contribution is 2.23. The second-order valence-electron chi connectivity index (χ2n) is 3.75. The van der Waals surface area contributed by atoms with E-state index in [-0.39, 0.29) is 5.56 Å². The molecule has 0 saturated carbocycles. The third-order valence-electron chi connectivity index (χ3n) is 2.50. The van der Waals surface area contributed by atoms with Crippen molar-refractivity contribution in [1.29, 1.82) is 0 Å². The number of carbonyl (C=O) groups is 1. The van der Waals surface area contributed by atoms with Gasteiger partial charge in [-0.15, -0.1) is 0 Å². The monoisotopic (exact) mass is 243 g/mol. The lowest BCUT2D eigenvalue weighted by Gasteiger charge is -2.11. The van der Waals surface area contributed by atoms with Gasteiger partial charge in [0.1, 0.15) is 0 Å². The van der Waals surface area contributed by atoms with Crippen LogP contribution < -0.4 is 11.1 Å². The minimum atomic E-state index is -1.01. The van der Waals surface area contributed by atoms with E-state index in [1.807, 2.05) is 18.2 Å². The van der Waals surface area contributed by atoms with Crippen LogP contribution in [0.3, 0.4) is 0 Å². The SMILES string of the molecule is Nc1cccc(C(=O)O)c1NCc1ccccn1. The molecule has 0 unspecified atom stereocenters. The maximum Gasteiger partial charge on any atom is 0.337 e. The lowest BCUT2D eigenvalue weighted by atomic mass is 10.1. The summed E-state index contributed by atoms with van der Waals surface area (Å²) in [5.41, 5.74) is 7.59. The number of aromatic carboxylic acids is 1. The predicted octanol–water partition coefficient (Wildman–Crippen LogP) is 1.97. The molecule has 0 amide bonds. The molecule has 0 fully saturated rings. The zero-order valence-corrected chi connectivity index (χ0v) is 9.63. The van der Waals surface area contributed by atoms with Crippen LogP contribution in [0.5, 0.6) is 0 Å². The fourth-order valence-electron chi connectivity index (χ4n) is 1.63. The summed E-state index contributed by atoms with van der Waals surface area (Å²) in [6.07, 6.45) is 1.68. The Hall–Kier alpha value is -2.56. The van der Waals surface area contributed by atoms with Crippen LogP contribution in [0.2, 0.25) is 0 Å². The van der Waals surface area contributed by atoms with Gasteiger partial charge in [-0.25, -0.2) is 4.79 Å². The van der Waals surface area contributed by atoms with Crippen molar-refractivity contribution < 1.29 is 9.90 Å². The normalized spacial score (nSPS) is 10.0. The van der Waals surface area contributed by atoms with E-state index in [9.17, 15) is 4.79 Å². The summed E-state index contributed by atoms with van der Waals surface area (Å²) in [6.45, 7) is 0.426. The summed E-state index contributed by atoms with van der Waals surface area (Å²) in [5.74, 6) is -1.01. The number of carboxylic acid groups (broad SMARTS) is 1. The van der Waals surface area contributed by atoms with Crippen molar-refractivity contribution in [2.75, 3.05) is 11.1 Å². The Balaban J connectivity index is 2.21. The molecule has 4 N–H and O–H groups in total. The molecule has 5 nitrogen and oxygen atoms in total. The molecular formula is C13H13N3O2. The molecular weight excluding hydrogens is 230 g/mol. The number of nitrogens with zero attached hydrogens (tertiary/aromatic N) is 1. The van der Waals surface area contributed by atoms with Crippen molar-refractivity contribution in [1.82, 2.24) is 4.98 Å². The number of hydrogen-bond acceptors (Lipinski definition) is 4. The molecule has 1 aromatic heterocycles. The van der Waals surface area contributed by atoms with Gasteiger partial charge in [-0.3, -0.25) is 4.98 Å². The fourth-order valence-corrected chi connectivity index (χ4v) is 1.63. The number of para-hydroxylation sites is 1. The Morgan fingerprint density at radius 1 is 1.28 bits per heavy atom. The van der Waals surface area contributed by atoms with Crippen molar-refractivity contribution in [2.24, 2.45) is 0 Å². The van der Waals surface area contributed by atoms with E-state index >= 15 is 0 Å². The van der Waals surface area contributed by atoms with Crippen LogP contribution in [0.15, 0.2) is 42.6 Å². The van der Waals surface area contributed by atoms with Gasteiger partial charge in [-0.05, 0) is 24.3 Å². The number of carboxylic acids is 1. The third-order valence-corrected chi connectivity index (χ3v) is 2.50. The average Bonchev–Trinajstić information content (AvgIpc) is 2.38. The number of aromatic nitrogens is 1. The van der Waals surface area contributed by atoms with E-state index in [2.05, 4.69) is 10.3 Å². The largest absolute Gasteiger partial charge is 0.478 e. The highest BCUT2D eigenvalue weighted by molar-refractivity contribution is 5.97. The van der Waals surface area contributed by atoms with Crippen molar-refractivity contribution in [3.63, 3.8) is 0 Å². The van der Waals surface area contributed by atoms with Gasteiger partial charge in [0.05, 0.1) is 29.2 Å². The molecule has 0 aliphatic heterocycles. The van der Waals surface area contributed by atoms with E-state index < -0.39 is 5.97 Å². The molecule has 0 aliphatic rings. The molecule has 0 bridgehead atoms. The first kappa shape index (κ1) is 11.9. The Morgan fingerprint density at radius 3 is 2.78 bits per heavy atom. The van der Waals surface area contributed by atoms with E-state index in [0.717, 1.165) is 5.69 Å². The van der Waals surface area contributed by atoms with E-state index in [4.69, 9.17) is 10.8 Å². The van der Waals surface area contributed by atoms with Crippen molar-refractivity contribution >= 4 is 17.3 Å². The van der Waals surface area contributed by atoms with Gasteiger partial charge in [0.2, 0.25) is 0 Å². The molecule has 0 spiro atoms. The zero-order valence-electron chi connectivity index (χ0n) is 9.63. The van der Waals surface area contributed by atoms with Crippen LogP contribution in [-0.4, -0.2) is 16.1 Å². The Labute approximate surface area is 104 Å². The van der Waals surface area contributed by atoms with Gasteiger partial charge in [0.25, 0.3) is 0 Å². The molecule has 2 rings (SSSR count). The Kier molecular flexibility index (Phi) is 3.43. The molecule has 1 heterocycles. The van der Waals surface area contributed by atoms with Gasteiger partial charge in [0, 0.05) is 6.20 Å². The van der Waals surface area contributed by atoms with Crippen LogP contribution >= 0.6 is 0 Å². The summed E-state index contributed by atoms with van der Waals surface area (Å²) in [7, 11) is 0. The lowest BCUT2D eigenvalue weighted by molar-refractivity contribution is 0.0698. The summed E-state index contributed by atoms with van der Waals surface area (Å²) in [6, 6.07) is 10.3. The van der Waals surface area contributed by atoms with E-state index in [0.29, 0.717) is 17.9 Å². The van der Waals surface area contributed by atoms with Gasteiger partial charge in [0.15, 0.2) is 0 Å². The maximum absolute atomic E-state index is 11.1. The minimum absolute atomic E-state index is 0.158. The molecule has 1 aromatic carbocycles. The highest BCUT2D eigenvalue weighted by Gasteiger charge is 2.12. The second-order valence-corrected chi connectivity index (χ2v) is 3.75. The number of nitrogens with two attached hydrogens (primary N) is 1. The summed E-state index contributed by atoms with van der Waals surface area (Å²) in [5, 5.41) is 12.1. The van der Waals surface area contributed by atoms with Gasteiger partial charge >= 0.3 is 5.97 Å². The number of pyridine rings is 1. The number of nitrogens with one attached hydrogen (secondary N) is 1. The number of anilines is 2. The van der Waals surface area contributed by atoms with Crippen LogP contribution in [0.1, 0.15) is 16.1 Å². The van der Waals surface area contributed by atoms with Crippen molar-refractivity contribution in [2.45, 2.75) is 6.54 Å². The van der Waals surface area contributed by atoms with Gasteiger partial charge in [-0.1, -0.05) is 12.1 Å². The molecule has 92 valence electrons. The van der Waals surface area contributed by atoms with Crippen molar-refractivity contribution in [3.05, 3.63) is 53.9 Å². The maximum atomic E-state index is 11.1. The van der Waals surface area contributed by atoms with Gasteiger partial charge < -0.3 is 16.2 Å². The lowest BCUT2D eigenvalue weighted by Crippen LogP contribution is -2.09. The van der Waals surface area contributed by atoms with Crippen LogP contribution in [-0.2, 0) is 6.54 Å². The summed E-state index contributed by atoms with van der Waals surface area (Å²) < 4.78 is 0. The molecule has 0 atom stereocenters. The molecule has 5 heteroatoms. The molecule has 0 saturated heterocycles. The summed E-state index contributed by atoms with van der Waals surface area (Å²) >= 11 is 0. The predicted molar refractivity (Wildman–Crippen MR) is 69.4 cm³/mol. The molecule has 2 aromatic rings. The second kappa shape index (κ2) is 5.18. The highest BCUT2D eigenvalue weighted by atomic mass is 16.4. The van der Waals surface area contributed by atoms with Crippen molar-refractivity contribution in [3.8, 4) is 0 Å². The average molecular weight is 243 g/mol. The third kappa shape index (κ3) is 2.57. The molecule has 0 radical (unpaired) electrons. The summed E-state index contributed by atoms with van der Waals surface area (Å²) in [4.78, 5) is 15.2. The topological polar surface area (TPSA) is 88.2 Å². The fraction of sp³-hybridized carbons (Fsp3) is 0.0769. The first-order valence-corrected chi connectivity index (χ1v) is 5.44. The van der Waals surface area contributed by atoms with E-state index in [1.165, 1.54) is 6.07 Å². The van der Waals surface area contributed by atoms with Crippen LogP contribution in [0, 0.1) is 0 Å². The van der Waals surface area contributed by atoms with Crippen LogP contribution in [0.4, 0.5) is 11.4 Å². The van der Waals surface area contributed by atoms with Crippen LogP contribution in [0.25, 0.3) is 0 Å². The zero-order chi connectivity index (χ0) is 13.0. The number of hydrogen-bond donors (Lipinski definition) is 3. The molecule has 18 heavy (non-hydrogen) atoms. The smallest absolute Gasteiger partial charge is 0.337 e. The van der Waals surface area contributed by atoms with Gasteiger partial charge in [-0.2, -0.15) is 0 Å². The minimum Gasteiger partial charge on any atom is -0.478 e. The first-order chi connectivity index (χ1) is 8.68. The Bertz CT molecular complexity index is 555. The Morgan fingerprint density at radius 2 is 2.11 bits per heavy atom. The number of rotatable bonds is 4. The molecule has 0 aliphatic carbocycles. The van der Waals surface area contributed by atoms with E-state index in [1.54, 1.807) is 18.3 Å². The number of benzene rings is 1.